The molecule has 3 nitrogen and oxygen atoms in total. The smallest absolute Gasteiger partial charge is 0.118 e. The number of aryl methyl sites for hydroxylation is 1. The maximum absolute atomic E-state index is 10.2. The molecule has 0 amide bonds. The van der Waals surface area contributed by atoms with Crippen LogP contribution in [0, 0.1) is 24.7 Å². The summed E-state index contributed by atoms with van der Waals surface area (Å²) in [6.45, 7) is 8.35. The molecule has 3 unspecified atom stereocenters. The van der Waals surface area contributed by atoms with Gasteiger partial charge in [-0.1, -0.05) is 13.8 Å². The molecule has 0 radical (unpaired) electrons. The van der Waals surface area contributed by atoms with Crippen LogP contribution in [-0.4, -0.2) is 29.7 Å². The third-order valence-corrected chi connectivity index (χ3v) is 4.69. The van der Waals surface area contributed by atoms with Crippen molar-refractivity contribution in [3.8, 4) is 0 Å². The second kappa shape index (κ2) is 6.77. The summed E-state index contributed by atoms with van der Waals surface area (Å²) in [7, 11) is 2.11. The van der Waals surface area contributed by atoms with Crippen molar-refractivity contribution in [2.24, 2.45) is 17.8 Å². The number of rotatable bonds is 5. The van der Waals surface area contributed by atoms with Crippen molar-refractivity contribution in [1.29, 1.82) is 0 Å². The van der Waals surface area contributed by atoms with Gasteiger partial charge in [0.25, 0.3) is 0 Å². The zero-order valence-electron chi connectivity index (χ0n) is 13.3. The molecule has 1 aromatic heterocycles. The van der Waals surface area contributed by atoms with Gasteiger partial charge in [-0.3, -0.25) is 4.90 Å². The Labute approximate surface area is 123 Å². The number of aliphatic hydroxyl groups is 1. The van der Waals surface area contributed by atoms with Crippen LogP contribution >= 0.6 is 0 Å². The molecule has 2 rings (SSSR count). The molecule has 1 aliphatic carbocycles. The lowest BCUT2D eigenvalue weighted by atomic mass is 9.74. The molecule has 0 bridgehead atoms. The van der Waals surface area contributed by atoms with Gasteiger partial charge < -0.3 is 9.52 Å². The van der Waals surface area contributed by atoms with E-state index in [1.807, 2.05) is 19.1 Å². The van der Waals surface area contributed by atoms with Gasteiger partial charge in [0.2, 0.25) is 0 Å². The minimum Gasteiger partial charge on any atom is -0.465 e. The molecule has 3 heteroatoms. The maximum Gasteiger partial charge on any atom is 0.118 e. The van der Waals surface area contributed by atoms with Crippen molar-refractivity contribution in [1.82, 2.24) is 4.90 Å². The lowest BCUT2D eigenvalue weighted by Crippen LogP contribution is -2.38. The van der Waals surface area contributed by atoms with E-state index in [0.29, 0.717) is 5.92 Å². The van der Waals surface area contributed by atoms with Crippen LogP contribution in [0.4, 0.5) is 0 Å². The summed E-state index contributed by atoms with van der Waals surface area (Å²) in [6.07, 6.45) is 3.16. The van der Waals surface area contributed by atoms with E-state index in [1.165, 1.54) is 6.42 Å². The second-order valence-electron chi connectivity index (χ2n) is 6.85. The highest BCUT2D eigenvalue weighted by atomic mass is 16.3. The molecule has 1 N–H and O–H groups in total. The quantitative estimate of drug-likeness (QED) is 0.897. The van der Waals surface area contributed by atoms with E-state index in [9.17, 15) is 5.11 Å². The van der Waals surface area contributed by atoms with E-state index < -0.39 is 0 Å². The summed E-state index contributed by atoms with van der Waals surface area (Å²) in [5.74, 6) is 3.87. The maximum atomic E-state index is 10.2. The molecule has 20 heavy (non-hydrogen) atoms. The monoisotopic (exact) mass is 279 g/mol. The number of hydrogen-bond donors (Lipinski definition) is 1. The van der Waals surface area contributed by atoms with Crippen molar-refractivity contribution < 1.29 is 9.52 Å². The van der Waals surface area contributed by atoms with E-state index in [1.54, 1.807) is 0 Å². The van der Waals surface area contributed by atoms with Gasteiger partial charge in [-0.2, -0.15) is 0 Å². The Morgan fingerprint density at radius 3 is 2.70 bits per heavy atom. The summed E-state index contributed by atoms with van der Waals surface area (Å²) in [4.78, 5) is 2.27. The predicted octanol–water partition coefficient (Wildman–Crippen LogP) is 3.45. The number of hydrogen-bond acceptors (Lipinski definition) is 3. The Bertz CT molecular complexity index is 413. The molecule has 0 spiro atoms. The normalized spacial score (nSPS) is 27.4. The average molecular weight is 279 g/mol. The number of furan rings is 1. The average Bonchev–Trinajstić information content (AvgIpc) is 2.77. The first-order valence-electron chi connectivity index (χ1n) is 7.87. The molecule has 1 heterocycles. The first kappa shape index (κ1) is 15.6. The Hall–Kier alpha value is -0.800. The third kappa shape index (κ3) is 4.10. The SMILES string of the molecule is Cc1ccc(CN(C)CC2CC(C(C)C)CCC2O)o1. The summed E-state index contributed by atoms with van der Waals surface area (Å²) < 4.78 is 5.63. The van der Waals surface area contributed by atoms with Gasteiger partial charge in [0, 0.05) is 6.54 Å². The fourth-order valence-electron chi connectivity index (χ4n) is 3.39. The van der Waals surface area contributed by atoms with Crippen LogP contribution in [0.1, 0.15) is 44.6 Å². The minimum atomic E-state index is -0.134. The number of nitrogens with zero attached hydrogens (tertiary/aromatic N) is 1. The molecule has 1 saturated carbocycles. The van der Waals surface area contributed by atoms with Gasteiger partial charge in [-0.25, -0.2) is 0 Å². The van der Waals surface area contributed by atoms with Crippen molar-refractivity contribution in [3.05, 3.63) is 23.7 Å². The first-order valence-corrected chi connectivity index (χ1v) is 7.87. The number of aliphatic hydroxyl groups excluding tert-OH is 1. The van der Waals surface area contributed by atoms with Gasteiger partial charge in [0.15, 0.2) is 0 Å². The molecule has 114 valence electrons. The molecule has 1 aromatic rings. The van der Waals surface area contributed by atoms with Crippen LogP contribution in [0.2, 0.25) is 0 Å². The first-order chi connectivity index (χ1) is 9.45. The van der Waals surface area contributed by atoms with E-state index in [-0.39, 0.29) is 6.10 Å². The Kier molecular flexibility index (Phi) is 5.28. The Morgan fingerprint density at radius 2 is 2.10 bits per heavy atom. The second-order valence-corrected chi connectivity index (χ2v) is 6.85. The van der Waals surface area contributed by atoms with Crippen molar-refractivity contribution in [2.45, 2.75) is 52.7 Å². The van der Waals surface area contributed by atoms with Gasteiger partial charge in [-0.05, 0) is 63.1 Å². The zero-order chi connectivity index (χ0) is 14.7. The van der Waals surface area contributed by atoms with Crippen LogP contribution < -0.4 is 0 Å². The largest absolute Gasteiger partial charge is 0.465 e. The van der Waals surface area contributed by atoms with Crippen LogP contribution in [-0.2, 0) is 6.54 Å². The molecule has 3 atom stereocenters. The lowest BCUT2D eigenvalue weighted by Gasteiger charge is -2.37. The topological polar surface area (TPSA) is 36.6 Å². The van der Waals surface area contributed by atoms with Crippen molar-refractivity contribution >= 4 is 0 Å². The van der Waals surface area contributed by atoms with Crippen LogP contribution in [0.15, 0.2) is 16.5 Å². The Morgan fingerprint density at radius 1 is 1.35 bits per heavy atom. The fraction of sp³-hybridized carbons (Fsp3) is 0.765. The highest BCUT2D eigenvalue weighted by Crippen LogP contribution is 2.34. The van der Waals surface area contributed by atoms with E-state index in [2.05, 4.69) is 25.8 Å². The molecule has 0 saturated heterocycles. The van der Waals surface area contributed by atoms with Gasteiger partial charge in [0.05, 0.1) is 12.6 Å². The molecular formula is C17H29NO2. The highest BCUT2D eigenvalue weighted by molar-refractivity contribution is 5.05. The van der Waals surface area contributed by atoms with Crippen LogP contribution in [0.3, 0.4) is 0 Å². The highest BCUT2D eigenvalue weighted by Gasteiger charge is 2.31. The van der Waals surface area contributed by atoms with Crippen LogP contribution in [0.25, 0.3) is 0 Å². The van der Waals surface area contributed by atoms with E-state index >= 15 is 0 Å². The predicted molar refractivity (Wildman–Crippen MR) is 81.5 cm³/mol. The summed E-state index contributed by atoms with van der Waals surface area (Å²) in [5.41, 5.74) is 0. The fourth-order valence-corrected chi connectivity index (χ4v) is 3.39. The van der Waals surface area contributed by atoms with Gasteiger partial charge >= 0.3 is 0 Å². The summed E-state index contributed by atoms with van der Waals surface area (Å²) in [5, 5.41) is 10.2. The van der Waals surface area contributed by atoms with Gasteiger partial charge in [-0.15, -0.1) is 0 Å². The van der Waals surface area contributed by atoms with E-state index in [0.717, 1.165) is 49.3 Å². The third-order valence-electron chi connectivity index (χ3n) is 4.69. The molecule has 1 aliphatic rings. The van der Waals surface area contributed by atoms with E-state index in [4.69, 9.17) is 4.42 Å². The Balaban J connectivity index is 1.87. The standard InChI is InChI=1S/C17H29NO2/c1-12(2)14-6-8-17(19)15(9-14)10-18(4)11-16-7-5-13(3)20-16/h5,7,12,14-15,17,19H,6,8-11H2,1-4H3. The molecule has 1 fully saturated rings. The molecule has 0 aliphatic heterocycles. The van der Waals surface area contributed by atoms with Crippen LogP contribution in [0.5, 0.6) is 0 Å². The van der Waals surface area contributed by atoms with Crippen molar-refractivity contribution in [3.63, 3.8) is 0 Å². The van der Waals surface area contributed by atoms with Gasteiger partial charge in [0.1, 0.15) is 11.5 Å². The zero-order valence-corrected chi connectivity index (χ0v) is 13.3. The van der Waals surface area contributed by atoms with Crippen molar-refractivity contribution in [2.75, 3.05) is 13.6 Å². The molecular weight excluding hydrogens is 250 g/mol. The molecule has 0 aromatic carbocycles. The summed E-state index contributed by atoms with van der Waals surface area (Å²) in [6, 6.07) is 4.05. The summed E-state index contributed by atoms with van der Waals surface area (Å²) >= 11 is 0. The minimum absolute atomic E-state index is 0.134. The lowest BCUT2D eigenvalue weighted by molar-refractivity contribution is 0.0205.